The first-order valence-electron chi connectivity index (χ1n) is 4.98. The third-order valence-corrected chi connectivity index (χ3v) is 1.18. The minimum atomic E-state index is 0.00978. The highest BCUT2D eigenvalue weighted by Crippen LogP contribution is 1.82. The average molecular weight is 242 g/mol. The molecule has 0 heterocycles. The van der Waals surface area contributed by atoms with Crippen molar-refractivity contribution in [2.24, 2.45) is 0 Å². The van der Waals surface area contributed by atoms with Crippen LogP contribution in [0.25, 0.3) is 0 Å². The van der Waals surface area contributed by atoms with E-state index in [0.29, 0.717) is 39.6 Å². The van der Waals surface area contributed by atoms with Crippen LogP contribution in [-0.4, -0.2) is 75.3 Å². The molecule has 0 fully saturated rings. The first-order chi connectivity index (χ1) is 7.91. The molecule has 0 aliphatic rings. The molecular weight excluding hydrogens is 220 g/mol. The lowest BCUT2D eigenvalue weighted by atomic mass is 10.7. The van der Waals surface area contributed by atoms with Gasteiger partial charge in [-0.1, -0.05) is 0 Å². The molecule has 0 spiro atoms. The van der Waals surface area contributed by atoms with Gasteiger partial charge in [0.1, 0.15) is 13.2 Å². The van der Waals surface area contributed by atoms with Crippen LogP contribution in [0.1, 0.15) is 0 Å². The van der Waals surface area contributed by atoms with Crippen LogP contribution >= 0.6 is 0 Å². The minimum absolute atomic E-state index is 0.00978. The first-order valence-corrected chi connectivity index (χ1v) is 4.98. The molecule has 0 atom stereocenters. The fraction of sp³-hybridized carbons (Fsp3) is 1.00. The van der Waals surface area contributed by atoms with E-state index in [9.17, 15) is 0 Å². The predicted octanol–water partition coefficient (Wildman–Crippen LogP) is -1.44. The van der Waals surface area contributed by atoms with Crippen molar-refractivity contribution < 1.29 is 34.6 Å². The summed E-state index contributed by atoms with van der Waals surface area (Å²) in [4.78, 5) is 9.42. The Morgan fingerprint density at radius 1 is 0.625 bits per heavy atom. The minimum Gasteiger partial charge on any atom is -0.400 e. The molecule has 0 radical (unpaired) electrons. The molecule has 0 aromatic rings. The van der Waals surface area contributed by atoms with Crippen LogP contribution in [0.15, 0.2) is 0 Å². The van der Waals surface area contributed by atoms with Gasteiger partial charge in [0, 0.05) is 7.11 Å². The Morgan fingerprint density at radius 2 is 1.00 bits per heavy atom. The van der Waals surface area contributed by atoms with E-state index in [4.69, 9.17) is 34.6 Å². The van der Waals surface area contributed by atoms with E-state index >= 15 is 0 Å². The third kappa shape index (κ3) is 19.3. The lowest BCUT2D eigenvalue weighted by molar-refractivity contribution is -0.303. The first kappa shape index (κ1) is 18.1. The standard InChI is InChI=1S/C8H18O6.CH4O/c9-1-3-11-5-7-13-14-8-6-12-4-2-10;1-2/h9-10H,1-8H2;2H,1H3. The third-order valence-electron chi connectivity index (χ3n) is 1.18. The van der Waals surface area contributed by atoms with E-state index in [-0.39, 0.29) is 13.2 Å². The van der Waals surface area contributed by atoms with Gasteiger partial charge in [-0.25, -0.2) is 9.78 Å². The molecule has 100 valence electrons. The summed E-state index contributed by atoms with van der Waals surface area (Å²) in [5, 5.41) is 23.7. The van der Waals surface area contributed by atoms with E-state index in [1.807, 2.05) is 0 Å². The molecule has 0 bridgehead atoms. The summed E-state index contributed by atoms with van der Waals surface area (Å²) in [6, 6.07) is 0. The van der Waals surface area contributed by atoms with Crippen molar-refractivity contribution in [3.8, 4) is 0 Å². The Balaban J connectivity index is 0. The zero-order valence-corrected chi connectivity index (χ0v) is 9.63. The predicted molar refractivity (Wildman–Crippen MR) is 55.9 cm³/mol. The molecule has 16 heavy (non-hydrogen) atoms. The smallest absolute Gasteiger partial charge is 0.106 e. The van der Waals surface area contributed by atoms with Crippen LogP contribution < -0.4 is 0 Å². The molecular formula is C9H22O7. The fourth-order valence-electron chi connectivity index (χ4n) is 0.637. The largest absolute Gasteiger partial charge is 0.400 e. The Bertz CT molecular complexity index is 89.9. The van der Waals surface area contributed by atoms with Gasteiger partial charge in [-0.3, -0.25) is 0 Å². The van der Waals surface area contributed by atoms with Crippen molar-refractivity contribution in [1.82, 2.24) is 0 Å². The van der Waals surface area contributed by atoms with Gasteiger partial charge in [0.15, 0.2) is 0 Å². The molecule has 0 rings (SSSR count). The van der Waals surface area contributed by atoms with Gasteiger partial charge in [-0.15, -0.1) is 0 Å². The molecule has 0 aromatic heterocycles. The summed E-state index contributed by atoms with van der Waals surface area (Å²) in [6.07, 6.45) is 0. The van der Waals surface area contributed by atoms with Crippen molar-refractivity contribution in [2.45, 2.75) is 0 Å². The molecule has 7 nitrogen and oxygen atoms in total. The number of hydrogen-bond donors (Lipinski definition) is 3. The Hall–Kier alpha value is -0.280. The van der Waals surface area contributed by atoms with Crippen LogP contribution in [0.3, 0.4) is 0 Å². The highest BCUT2D eigenvalue weighted by Gasteiger charge is 1.91. The van der Waals surface area contributed by atoms with Gasteiger partial charge < -0.3 is 24.8 Å². The number of aliphatic hydroxyl groups excluding tert-OH is 3. The molecule has 0 unspecified atom stereocenters. The normalized spacial score (nSPS) is 9.75. The number of hydrogen-bond acceptors (Lipinski definition) is 7. The van der Waals surface area contributed by atoms with Crippen molar-refractivity contribution in [3.05, 3.63) is 0 Å². The van der Waals surface area contributed by atoms with E-state index in [1.54, 1.807) is 0 Å². The molecule has 0 saturated heterocycles. The van der Waals surface area contributed by atoms with Crippen LogP contribution in [0, 0.1) is 0 Å². The summed E-state index contributed by atoms with van der Waals surface area (Å²) in [6.45, 7) is 2.05. The molecule has 0 amide bonds. The van der Waals surface area contributed by atoms with E-state index < -0.39 is 0 Å². The monoisotopic (exact) mass is 242 g/mol. The topological polar surface area (TPSA) is 97.6 Å². The highest BCUT2D eigenvalue weighted by atomic mass is 17.2. The summed E-state index contributed by atoms with van der Waals surface area (Å²) in [5.41, 5.74) is 0. The molecule has 7 heteroatoms. The van der Waals surface area contributed by atoms with Crippen molar-refractivity contribution >= 4 is 0 Å². The summed E-state index contributed by atoms with van der Waals surface area (Å²) >= 11 is 0. The Kier molecular flexibility index (Phi) is 22.8. The second kappa shape index (κ2) is 20.2. The van der Waals surface area contributed by atoms with Gasteiger partial charge in [0.2, 0.25) is 0 Å². The lowest BCUT2D eigenvalue weighted by Crippen LogP contribution is -2.11. The van der Waals surface area contributed by atoms with Crippen molar-refractivity contribution in [2.75, 3.05) is 60.0 Å². The maximum Gasteiger partial charge on any atom is 0.106 e. The zero-order chi connectivity index (χ0) is 12.5. The Morgan fingerprint density at radius 3 is 1.31 bits per heavy atom. The van der Waals surface area contributed by atoms with Crippen molar-refractivity contribution in [3.63, 3.8) is 0 Å². The summed E-state index contributed by atoms with van der Waals surface area (Å²) in [5.74, 6) is 0. The second-order valence-corrected chi connectivity index (χ2v) is 2.32. The van der Waals surface area contributed by atoms with Crippen LogP contribution in [0.4, 0.5) is 0 Å². The number of aliphatic hydroxyl groups is 3. The summed E-state index contributed by atoms with van der Waals surface area (Å²) < 4.78 is 9.82. The second-order valence-electron chi connectivity index (χ2n) is 2.32. The van der Waals surface area contributed by atoms with Crippen LogP contribution in [0.2, 0.25) is 0 Å². The average Bonchev–Trinajstić information content (AvgIpc) is 2.34. The molecule has 0 aliphatic heterocycles. The molecule has 3 N–H and O–H groups in total. The number of rotatable bonds is 11. The van der Waals surface area contributed by atoms with Crippen LogP contribution in [0.5, 0.6) is 0 Å². The maximum atomic E-state index is 8.36. The van der Waals surface area contributed by atoms with E-state index in [1.165, 1.54) is 0 Å². The van der Waals surface area contributed by atoms with Gasteiger partial charge in [0.25, 0.3) is 0 Å². The highest BCUT2D eigenvalue weighted by molar-refractivity contribution is 4.28. The van der Waals surface area contributed by atoms with E-state index in [0.717, 1.165) is 7.11 Å². The maximum absolute atomic E-state index is 8.36. The molecule has 0 aliphatic carbocycles. The van der Waals surface area contributed by atoms with E-state index in [2.05, 4.69) is 0 Å². The number of ether oxygens (including phenoxy) is 2. The van der Waals surface area contributed by atoms with Crippen molar-refractivity contribution in [1.29, 1.82) is 0 Å². The lowest BCUT2D eigenvalue weighted by Gasteiger charge is -2.04. The van der Waals surface area contributed by atoms with Gasteiger partial charge >= 0.3 is 0 Å². The fourth-order valence-corrected chi connectivity index (χ4v) is 0.637. The van der Waals surface area contributed by atoms with Crippen LogP contribution in [-0.2, 0) is 19.2 Å². The van der Waals surface area contributed by atoms with Gasteiger partial charge in [-0.05, 0) is 0 Å². The van der Waals surface area contributed by atoms with Gasteiger partial charge in [0.05, 0.1) is 39.6 Å². The molecule has 0 aromatic carbocycles. The molecule has 0 saturated carbocycles. The zero-order valence-electron chi connectivity index (χ0n) is 9.63. The van der Waals surface area contributed by atoms with Gasteiger partial charge in [-0.2, -0.15) is 0 Å². The SMILES string of the molecule is CO.OCCOCCOOCCOCCO. The Labute approximate surface area is 95.4 Å². The quantitative estimate of drug-likeness (QED) is 0.232. The summed E-state index contributed by atoms with van der Waals surface area (Å²) in [7, 11) is 1.00.